The van der Waals surface area contributed by atoms with Gasteiger partial charge in [-0.05, 0) is 24.8 Å². The number of pyridine rings is 1. The van der Waals surface area contributed by atoms with E-state index in [0.29, 0.717) is 5.56 Å². The molecule has 1 N–H and O–H groups in total. The van der Waals surface area contributed by atoms with Crippen LogP contribution in [0.4, 0.5) is 4.39 Å². The smallest absolute Gasteiger partial charge is 0.141 e. The number of hydrogen-bond donors (Lipinski definition) is 1. The first kappa shape index (κ1) is 13.1. The lowest BCUT2D eigenvalue weighted by Crippen LogP contribution is -2.13. The van der Waals surface area contributed by atoms with E-state index < -0.39 is 6.10 Å². The minimum absolute atomic E-state index is 0.207. The Kier molecular flexibility index (Phi) is 5.39. The van der Waals surface area contributed by atoms with Crippen LogP contribution in [-0.4, -0.2) is 10.1 Å². The molecule has 0 fully saturated rings. The van der Waals surface area contributed by atoms with Crippen LogP contribution < -0.4 is 0 Å². The van der Waals surface area contributed by atoms with Gasteiger partial charge >= 0.3 is 0 Å². The maximum atomic E-state index is 13.0. The van der Waals surface area contributed by atoms with Crippen molar-refractivity contribution in [1.82, 2.24) is 4.98 Å². The molecule has 16 heavy (non-hydrogen) atoms. The summed E-state index contributed by atoms with van der Waals surface area (Å²) in [5.41, 5.74) is 0.590. The molecule has 0 spiro atoms. The van der Waals surface area contributed by atoms with Crippen molar-refractivity contribution >= 4 is 0 Å². The van der Waals surface area contributed by atoms with Gasteiger partial charge in [0.05, 0.1) is 12.3 Å². The predicted molar refractivity (Wildman–Crippen MR) is 62.5 cm³/mol. The molecular weight excluding hydrogens is 205 g/mol. The van der Waals surface area contributed by atoms with E-state index in [0.717, 1.165) is 31.9 Å². The number of rotatable bonds is 6. The Morgan fingerprint density at radius 3 is 2.38 bits per heavy atom. The van der Waals surface area contributed by atoms with E-state index in [1.165, 1.54) is 6.07 Å². The van der Waals surface area contributed by atoms with Crippen LogP contribution in [0.5, 0.6) is 0 Å². The minimum atomic E-state index is -0.594. The highest BCUT2D eigenvalue weighted by molar-refractivity contribution is 5.14. The number of aliphatic hydroxyl groups is 1. The molecule has 0 saturated heterocycles. The Morgan fingerprint density at radius 2 is 1.88 bits per heavy atom. The third kappa shape index (κ3) is 3.56. The zero-order valence-corrected chi connectivity index (χ0v) is 9.99. The van der Waals surface area contributed by atoms with Crippen molar-refractivity contribution in [2.24, 2.45) is 5.92 Å². The molecule has 1 heterocycles. The van der Waals surface area contributed by atoms with Gasteiger partial charge in [-0.3, -0.25) is 4.98 Å². The fourth-order valence-electron chi connectivity index (χ4n) is 2.06. The summed E-state index contributed by atoms with van der Waals surface area (Å²) in [7, 11) is 0. The van der Waals surface area contributed by atoms with Gasteiger partial charge in [-0.1, -0.05) is 26.7 Å². The van der Waals surface area contributed by atoms with E-state index >= 15 is 0 Å². The standard InChI is InChI=1S/C13H20FNO/c1-3-5-10(6-4-2)13(16)11-7-12(14)9-15-8-11/h7-10,13,16H,3-6H2,1-2H3. The van der Waals surface area contributed by atoms with E-state index in [9.17, 15) is 9.50 Å². The van der Waals surface area contributed by atoms with E-state index in [2.05, 4.69) is 18.8 Å². The molecule has 0 aromatic carbocycles. The molecule has 2 nitrogen and oxygen atoms in total. The average Bonchev–Trinajstić information content (AvgIpc) is 2.28. The monoisotopic (exact) mass is 225 g/mol. The lowest BCUT2D eigenvalue weighted by molar-refractivity contribution is 0.0958. The number of aliphatic hydroxyl groups excluding tert-OH is 1. The summed E-state index contributed by atoms with van der Waals surface area (Å²) in [6, 6.07) is 1.37. The number of aromatic nitrogens is 1. The molecule has 1 aromatic heterocycles. The van der Waals surface area contributed by atoms with Gasteiger partial charge in [0.1, 0.15) is 5.82 Å². The molecule has 90 valence electrons. The van der Waals surface area contributed by atoms with Crippen LogP contribution in [-0.2, 0) is 0 Å². The second-order valence-electron chi connectivity index (χ2n) is 4.22. The molecule has 0 aliphatic heterocycles. The van der Waals surface area contributed by atoms with E-state index in [1.54, 1.807) is 6.20 Å². The molecule has 0 aliphatic carbocycles. The maximum absolute atomic E-state index is 13.0. The van der Waals surface area contributed by atoms with E-state index in [4.69, 9.17) is 0 Å². The lowest BCUT2D eigenvalue weighted by Gasteiger charge is -2.22. The van der Waals surface area contributed by atoms with Crippen molar-refractivity contribution in [3.05, 3.63) is 29.8 Å². The second-order valence-corrected chi connectivity index (χ2v) is 4.22. The fraction of sp³-hybridized carbons (Fsp3) is 0.615. The minimum Gasteiger partial charge on any atom is -0.388 e. The predicted octanol–water partition coefficient (Wildman–Crippen LogP) is 3.47. The topological polar surface area (TPSA) is 33.1 Å². The van der Waals surface area contributed by atoms with Crippen LogP contribution in [0.15, 0.2) is 18.5 Å². The lowest BCUT2D eigenvalue weighted by atomic mass is 9.89. The van der Waals surface area contributed by atoms with Crippen molar-refractivity contribution in [1.29, 1.82) is 0 Å². The highest BCUT2D eigenvalue weighted by Gasteiger charge is 2.19. The Hall–Kier alpha value is -0.960. The first-order chi connectivity index (χ1) is 7.69. The van der Waals surface area contributed by atoms with E-state index in [1.807, 2.05) is 0 Å². The summed E-state index contributed by atoms with van der Waals surface area (Å²) >= 11 is 0. The van der Waals surface area contributed by atoms with Gasteiger partial charge in [0, 0.05) is 11.8 Å². The average molecular weight is 225 g/mol. The first-order valence-corrected chi connectivity index (χ1v) is 5.97. The molecule has 1 unspecified atom stereocenters. The highest BCUT2D eigenvalue weighted by Crippen LogP contribution is 2.29. The molecule has 0 amide bonds. The Balaban J connectivity index is 2.76. The molecular formula is C13H20FNO. The summed E-state index contributed by atoms with van der Waals surface area (Å²) in [4.78, 5) is 3.77. The highest BCUT2D eigenvalue weighted by atomic mass is 19.1. The Labute approximate surface area is 96.5 Å². The molecule has 0 aliphatic rings. The summed E-state index contributed by atoms with van der Waals surface area (Å²) in [6.07, 6.45) is 6.10. The van der Waals surface area contributed by atoms with Crippen molar-refractivity contribution in [2.45, 2.75) is 45.6 Å². The van der Waals surface area contributed by atoms with Gasteiger partial charge in [0.2, 0.25) is 0 Å². The van der Waals surface area contributed by atoms with Crippen molar-refractivity contribution in [3.63, 3.8) is 0 Å². The Morgan fingerprint density at radius 1 is 1.25 bits per heavy atom. The molecule has 1 atom stereocenters. The quantitative estimate of drug-likeness (QED) is 0.804. The largest absolute Gasteiger partial charge is 0.388 e. The molecule has 3 heteroatoms. The Bertz CT molecular complexity index is 311. The molecule has 0 radical (unpaired) electrons. The van der Waals surface area contributed by atoms with Crippen LogP contribution in [0, 0.1) is 11.7 Å². The van der Waals surface area contributed by atoms with Gasteiger partial charge in [-0.25, -0.2) is 4.39 Å². The normalized spacial score (nSPS) is 13.1. The third-order valence-electron chi connectivity index (χ3n) is 2.83. The summed E-state index contributed by atoms with van der Waals surface area (Å²) in [5.74, 6) is -0.179. The molecule has 0 bridgehead atoms. The number of halogens is 1. The van der Waals surface area contributed by atoms with Crippen LogP contribution in [0.3, 0.4) is 0 Å². The molecule has 1 aromatic rings. The molecule has 1 rings (SSSR count). The van der Waals surface area contributed by atoms with Gasteiger partial charge in [-0.2, -0.15) is 0 Å². The first-order valence-electron chi connectivity index (χ1n) is 5.97. The number of nitrogens with zero attached hydrogens (tertiary/aromatic N) is 1. The summed E-state index contributed by atoms with van der Waals surface area (Å²) < 4.78 is 13.0. The van der Waals surface area contributed by atoms with Crippen LogP contribution >= 0.6 is 0 Å². The zero-order chi connectivity index (χ0) is 12.0. The maximum Gasteiger partial charge on any atom is 0.141 e. The SMILES string of the molecule is CCCC(CCC)C(O)c1cncc(F)c1. The zero-order valence-electron chi connectivity index (χ0n) is 9.99. The van der Waals surface area contributed by atoms with Crippen LogP contribution in [0.2, 0.25) is 0 Å². The fourth-order valence-corrected chi connectivity index (χ4v) is 2.06. The van der Waals surface area contributed by atoms with Crippen molar-refractivity contribution in [2.75, 3.05) is 0 Å². The summed E-state index contributed by atoms with van der Waals surface area (Å²) in [5, 5.41) is 10.2. The van der Waals surface area contributed by atoms with Crippen molar-refractivity contribution < 1.29 is 9.50 Å². The van der Waals surface area contributed by atoms with Gasteiger partial charge in [0.25, 0.3) is 0 Å². The van der Waals surface area contributed by atoms with Gasteiger partial charge < -0.3 is 5.11 Å². The third-order valence-corrected chi connectivity index (χ3v) is 2.83. The van der Waals surface area contributed by atoms with Crippen molar-refractivity contribution in [3.8, 4) is 0 Å². The van der Waals surface area contributed by atoms with Crippen LogP contribution in [0.25, 0.3) is 0 Å². The second kappa shape index (κ2) is 6.59. The van der Waals surface area contributed by atoms with Gasteiger partial charge in [-0.15, -0.1) is 0 Å². The van der Waals surface area contributed by atoms with Gasteiger partial charge in [0.15, 0.2) is 0 Å². The van der Waals surface area contributed by atoms with Crippen LogP contribution in [0.1, 0.15) is 51.2 Å². The summed E-state index contributed by atoms with van der Waals surface area (Å²) in [6.45, 7) is 4.19. The van der Waals surface area contributed by atoms with E-state index in [-0.39, 0.29) is 11.7 Å². The molecule has 0 saturated carbocycles. The number of hydrogen-bond acceptors (Lipinski definition) is 2.